The van der Waals surface area contributed by atoms with Gasteiger partial charge in [0, 0.05) is 36.6 Å². The van der Waals surface area contributed by atoms with Crippen molar-refractivity contribution >= 4 is 23.3 Å². The largest absolute Gasteiger partial charge is 0.469 e. The number of carbonyl (C=O) groups excluding carboxylic acids is 3. The van der Waals surface area contributed by atoms with E-state index in [-0.39, 0.29) is 41.8 Å². The lowest BCUT2D eigenvalue weighted by Crippen LogP contribution is -2.51. The van der Waals surface area contributed by atoms with Gasteiger partial charge in [0.1, 0.15) is 22.5 Å². The summed E-state index contributed by atoms with van der Waals surface area (Å²) in [5, 5.41) is 0. The van der Waals surface area contributed by atoms with Crippen LogP contribution in [0.25, 0.3) is 0 Å². The van der Waals surface area contributed by atoms with Gasteiger partial charge in [-0.05, 0) is 32.0 Å². The van der Waals surface area contributed by atoms with Crippen molar-refractivity contribution < 1.29 is 28.3 Å². The Hall–Kier alpha value is -3.81. The number of Topliss-reactive ketones (excluding diaryl/α,β-unsaturated/α-hetero) is 1. The van der Waals surface area contributed by atoms with E-state index in [1.54, 1.807) is 48.4 Å². The van der Waals surface area contributed by atoms with Crippen LogP contribution in [0.2, 0.25) is 0 Å². The number of para-hydroxylation sites is 1. The van der Waals surface area contributed by atoms with Gasteiger partial charge in [-0.1, -0.05) is 18.2 Å². The summed E-state index contributed by atoms with van der Waals surface area (Å²) in [4.78, 5) is 42.6. The number of hydrogen-bond donors (Lipinski definition) is 1. The molecule has 170 valence electrons. The van der Waals surface area contributed by atoms with Crippen molar-refractivity contribution in [1.29, 1.82) is 0 Å². The SMILES string of the molecule is CCOC(=O)C1=C(N)OC2=C(C(=O)C[C@H](c3ccco3)C2)[C@]12C(=O)N(CC)c1ccccc12. The minimum Gasteiger partial charge on any atom is -0.469 e. The highest BCUT2D eigenvalue weighted by molar-refractivity contribution is 6.23. The molecule has 1 aromatic heterocycles. The standard InChI is InChI=1S/C25H24N2O6/c1-3-27-16-9-6-5-8-15(16)25(24(27)30)20-17(28)12-14(18-10-7-11-32-18)13-19(20)33-22(26)21(25)23(29)31-4-2/h5-11,14H,3-4,12-13,26H2,1-2H3/t14-,25-/m0/s1. The Morgan fingerprint density at radius 3 is 2.67 bits per heavy atom. The number of likely N-dealkylation sites (N-methyl/N-ethyl adjacent to an activating group) is 1. The van der Waals surface area contributed by atoms with Gasteiger partial charge in [0.15, 0.2) is 5.78 Å². The zero-order valence-corrected chi connectivity index (χ0v) is 18.4. The Balaban J connectivity index is 1.78. The second-order valence-electron chi connectivity index (χ2n) is 8.22. The quantitative estimate of drug-likeness (QED) is 0.716. The van der Waals surface area contributed by atoms with E-state index < -0.39 is 17.3 Å². The molecule has 2 aromatic rings. The van der Waals surface area contributed by atoms with E-state index in [1.165, 1.54) is 0 Å². The molecule has 0 unspecified atom stereocenters. The highest BCUT2D eigenvalue weighted by atomic mass is 16.5. The number of ketones is 1. The van der Waals surface area contributed by atoms with Gasteiger partial charge < -0.3 is 24.5 Å². The van der Waals surface area contributed by atoms with Crippen LogP contribution in [-0.2, 0) is 29.3 Å². The summed E-state index contributed by atoms with van der Waals surface area (Å²) >= 11 is 0. The molecule has 1 spiro atoms. The van der Waals surface area contributed by atoms with Crippen molar-refractivity contribution in [2.24, 2.45) is 5.73 Å². The van der Waals surface area contributed by atoms with Crippen LogP contribution in [0.15, 0.2) is 69.9 Å². The molecular weight excluding hydrogens is 424 g/mol. The van der Waals surface area contributed by atoms with Crippen LogP contribution in [0.5, 0.6) is 0 Å². The molecule has 2 atom stereocenters. The number of fused-ring (bicyclic) bond motifs is 3. The number of rotatable bonds is 4. The van der Waals surface area contributed by atoms with Gasteiger partial charge in [-0.3, -0.25) is 9.59 Å². The number of benzene rings is 1. The van der Waals surface area contributed by atoms with E-state index in [1.807, 2.05) is 13.0 Å². The number of nitrogens with zero attached hydrogens (tertiary/aromatic N) is 1. The van der Waals surface area contributed by atoms with Crippen molar-refractivity contribution in [3.05, 3.63) is 76.8 Å². The fraction of sp³-hybridized carbons (Fsp3) is 0.320. The number of carbonyl (C=O) groups is 3. The zero-order valence-electron chi connectivity index (χ0n) is 18.4. The summed E-state index contributed by atoms with van der Waals surface area (Å²) in [5.74, 6) is -0.996. The number of esters is 1. The second-order valence-corrected chi connectivity index (χ2v) is 8.22. The van der Waals surface area contributed by atoms with Crippen molar-refractivity contribution in [3.63, 3.8) is 0 Å². The fourth-order valence-corrected chi connectivity index (χ4v) is 5.32. The highest BCUT2D eigenvalue weighted by Gasteiger charge is 2.64. The molecule has 33 heavy (non-hydrogen) atoms. The lowest BCUT2D eigenvalue weighted by Gasteiger charge is -2.40. The molecule has 8 heteroatoms. The topological polar surface area (TPSA) is 112 Å². The number of ether oxygens (including phenoxy) is 2. The Morgan fingerprint density at radius 1 is 1.18 bits per heavy atom. The molecule has 2 N–H and O–H groups in total. The third-order valence-electron chi connectivity index (χ3n) is 6.56. The molecule has 2 aliphatic heterocycles. The Morgan fingerprint density at radius 2 is 1.97 bits per heavy atom. The predicted molar refractivity (Wildman–Crippen MR) is 118 cm³/mol. The average molecular weight is 448 g/mol. The number of allylic oxidation sites excluding steroid dienone is 1. The van der Waals surface area contributed by atoms with E-state index in [2.05, 4.69) is 0 Å². The first-order chi connectivity index (χ1) is 15.9. The van der Waals surface area contributed by atoms with Crippen LogP contribution >= 0.6 is 0 Å². The van der Waals surface area contributed by atoms with E-state index >= 15 is 0 Å². The normalized spacial score (nSPS) is 24.2. The van der Waals surface area contributed by atoms with Crippen LogP contribution in [0.4, 0.5) is 5.69 Å². The minimum absolute atomic E-state index is 0.0828. The molecule has 1 amide bonds. The number of amides is 1. The third kappa shape index (κ3) is 2.79. The van der Waals surface area contributed by atoms with Crippen LogP contribution in [-0.4, -0.2) is 30.8 Å². The molecule has 3 aliphatic rings. The Labute approximate surface area is 190 Å². The number of anilines is 1. The smallest absolute Gasteiger partial charge is 0.341 e. The second kappa shape index (κ2) is 7.65. The predicted octanol–water partition coefficient (Wildman–Crippen LogP) is 3.05. The van der Waals surface area contributed by atoms with Crippen molar-refractivity contribution in [2.75, 3.05) is 18.1 Å². The number of furan rings is 1. The highest BCUT2D eigenvalue weighted by Crippen LogP contribution is 2.57. The van der Waals surface area contributed by atoms with E-state index in [9.17, 15) is 14.4 Å². The summed E-state index contributed by atoms with van der Waals surface area (Å²) in [7, 11) is 0. The molecule has 0 saturated carbocycles. The van der Waals surface area contributed by atoms with Gasteiger partial charge in [-0.25, -0.2) is 4.79 Å². The van der Waals surface area contributed by atoms with Crippen LogP contribution in [0, 0.1) is 0 Å². The first-order valence-electron chi connectivity index (χ1n) is 11.0. The maximum absolute atomic E-state index is 14.1. The monoisotopic (exact) mass is 448 g/mol. The van der Waals surface area contributed by atoms with E-state index in [0.717, 1.165) is 0 Å². The van der Waals surface area contributed by atoms with Crippen molar-refractivity contribution in [1.82, 2.24) is 0 Å². The maximum Gasteiger partial charge on any atom is 0.341 e. The first-order valence-corrected chi connectivity index (χ1v) is 11.0. The van der Waals surface area contributed by atoms with E-state index in [0.29, 0.717) is 35.7 Å². The average Bonchev–Trinajstić information content (AvgIpc) is 3.40. The lowest BCUT2D eigenvalue weighted by atomic mass is 9.63. The Kier molecular flexibility index (Phi) is 4.88. The molecule has 1 aliphatic carbocycles. The molecular formula is C25H24N2O6. The summed E-state index contributed by atoms with van der Waals surface area (Å²) in [6.45, 7) is 3.95. The molecule has 1 aromatic carbocycles. The third-order valence-corrected chi connectivity index (χ3v) is 6.56. The number of nitrogens with two attached hydrogens (primary N) is 1. The van der Waals surface area contributed by atoms with Crippen LogP contribution < -0.4 is 10.6 Å². The van der Waals surface area contributed by atoms with Crippen LogP contribution in [0.3, 0.4) is 0 Å². The summed E-state index contributed by atoms with van der Waals surface area (Å²) in [5.41, 5.74) is 5.79. The molecule has 0 fully saturated rings. The minimum atomic E-state index is -1.71. The molecule has 5 rings (SSSR count). The van der Waals surface area contributed by atoms with Gasteiger partial charge in [0.2, 0.25) is 11.8 Å². The zero-order chi connectivity index (χ0) is 23.3. The van der Waals surface area contributed by atoms with Gasteiger partial charge in [0.05, 0.1) is 18.4 Å². The summed E-state index contributed by atoms with van der Waals surface area (Å²) in [6.07, 6.45) is 1.99. The lowest BCUT2D eigenvalue weighted by molar-refractivity contribution is -0.141. The molecule has 0 saturated heterocycles. The van der Waals surface area contributed by atoms with Crippen LogP contribution in [0.1, 0.15) is 43.9 Å². The Bertz CT molecular complexity index is 1230. The molecule has 8 nitrogen and oxygen atoms in total. The molecule has 0 bridgehead atoms. The van der Waals surface area contributed by atoms with Gasteiger partial charge in [-0.2, -0.15) is 0 Å². The van der Waals surface area contributed by atoms with Gasteiger partial charge >= 0.3 is 5.97 Å². The van der Waals surface area contributed by atoms with Crippen molar-refractivity contribution in [3.8, 4) is 0 Å². The van der Waals surface area contributed by atoms with E-state index in [4.69, 9.17) is 19.6 Å². The number of hydrogen-bond acceptors (Lipinski definition) is 7. The summed E-state index contributed by atoms with van der Waals surface area (Å²) in [6, 6.07) is 10.7. The van der Waals surface area contributed by atoms with Crippen molar-refractivity contribution in [2.45, 2.75) is 38.0 Å². The van der Waals surface area contributed by atoms with Gasteiger partial charge in [0.25, 0.3) is 0 Å². The summed E-state index contributed by atoms with van der Waals surface area (Å²) < 4.78 is 16.7. The van der Waals surface area contributed by atoms with Gasteiger partial charge in [-0.15, -0.1) is 0 Å². The maximum atomic E-state index is 14.1. The first kappa shape index (κ1) is 21.1. The fourth-order valence-electron chi connectivity index (χ4n) is 5.32. The molecule has 0 radical (unpaired) electrons. The molecule has 3 heterocycles.